The van der Waals surface area contributed by atoms with Gasteiger partial charge in [0.1, 0.15) is 0 Å². The molecule has 0 aliphatic carbocycles. The Morgan fingerprint density at radius 3 is 2.45 bits per heavy atom. The van der Waals surface area contributed by atoms with Crippen LogP contribution < -0.4 is 0 Å². The number of alkyl halides is 2. The molecule has 0 fully saturated rings. The summed E-state index contributed by atoms with van der Waals surface area (Å²) in [7, 11) is 0. The fourth-order valence-electron chi connectivity index (χ4n) is 2.36. The van der Waals surface area contributed by atoms with Gasteiger partial charge < -0.3 is 5.11 Å². The predicted octanol–water partition coefficient (Wildman–Crippen LogP) is 4.49. The normalized spacial score (nSPS) is 11.8. The highest BCUT2D eigenvalue weighted by Crippen LogP contribution is 2.38. The second-order valence-electron chi connectivity index (χ2n) is 4.93. The molecule has 0 heterocycles. The molecule has 0 unspecified atom stereocenters. The maximum atomic E-state index is 14.3. The summed E-state index contributed by atoms with van der Waals surface area (Å²) in [5, 5.41) is 9.89. The number of fused-ring (bicyclic) bond motifs is 1. The van der Waals surface area contributed by atoms with Crippen LogP contribution in [0, 0.1) is 6.92 Å². The first kappa shape index (κ1) is 14.4. The summed E-state index contributed by atoms with van der Waals surface area (Å²) in [5.41, 5.74) is 0.926. The van der Waals surface area contributed by atoms with Crippen molar-refractivity contribution in [2.75, 3.05) is 0 Å². The van der Waals surface area contributed by atoms with Crippen molar-refractivity contribution in [2.45, 2.75) is 32.1 Å². The van der Waals surface area contributed by atoms with E-state index in [9.17, 15) is 13.6 Å². The quantitative estimate of drug-likeness (QED) is 0.874. The zero-order valence-electron chi connectivity index (χ0n) is 11.2. The third kappa shape index (κ3) is 2.95. The first-order chi connectivity index (χ1) is 9.42. The summed E-state index contributed by atoms with van der Waals surface area (Å²) in [5.74, 6) is -4.06. The second-order valence-corrected chi connectivity index (χ2v) is 4.93. The first-order valence-corrected chi connectivity index (χ1v) is 6.50. The zero-order chi connectivity index (χ0) is 14.8. The minimum absolute atomic E-state index is 0.0240. The highest BCUT2D eigenvalue weighted by Gasteiger charge is 2.32. The van der Waals surface area contributed by atoms with Crippen molar-refractivity contribution in [1.82, 2.24) is 0 Å². The smallest absolute Gasteiger partial charge is 0.303 e. The third-order valence-corrected chi connectivity index (χ3v) is 3.42. The topological polar surface area (TPSA) is 37.3 Å². The Balaban J connectivity index is 2.36. The number of halogens is 2. The van der Waals surface area contributed by atoms with Crippen LogP contribution >= 0.6 is 0 Å². The van der Waals surface area contributed by atoms with E-state index in [2.05, 4.69) is 0 Å². The lowest BCUT2D eigenvalue weighted by Gasteiger charge is -2.19. The Labute approximate surface area is 116 Å². The van der Waals surface area contributed by atoms with Gasteiger partial charge in [-0.2, -0.15) is 0 Å². The third-order valence-electron chi connectivity index (χ3n) is 3.42. The van der Waals surface area contributed by atoms with E-state index >= 15 is 0 Å². The molecule has 0 saturated heterocycles. The molecule has 0 aromatic heterocycles. The minimum atomic E-state index is -3.01. The first-order valence-electron chi connectivity index (χ1n) is 6.50. The molecule has 2 nitrogen and oxygen atoms in total. The van der Waals surface area contributed by atoms with Gasteiger partial charge in [-0.25, -0.2) is 8.78 Å². The van der Waals surface area contributed by atoms with Crippen LogP contribution in [0.2, 0.25) is 0 Å². The number of carboxylic acid groups (broad SMARTS) is 1. The molecule has 20 heavy (non-hydrogen) atoms. The highest BCUT2D eigenvalue weighted by molar-refractivity contribution is 5.89. The summed E-state index contributed by atoms with van der Waals surface area (Å²) >= 11 is 0. The molecule has 2 aromatic rings. The van der Waals surface area contributed by atoms with E-state index < -0.39 is 18.3 Å². The largest absolute Gasteiger partial charge is 0.481 e. The van der Waals surface area contributed by atoms with E-state index in [1.807, 2.05) is 19.1 Å². The lowest BCUT2D eigenvalue weighted by molar-refractivity contribution is -0.137. The van der Waals surface area contributed by atoms with Gasteiger partial charge in [0.25, 0.3) is 5.92 Å². The minimum Gasteiger partial charge on any atom is -0.481 e. The van der Waals surface area contributed by atoms with Crippen LogP contribution in [-0.2, 0) is 10.7 Å². The molecule has 0 radical (unpaired) electrons. The summed E-state index contributed by atoms with van der Waals surface area (Å²) < 4.78 is 28.6. The van der Waals surface area contributed by atoms with Gasteiger partial charge in [0.2, 0.25) is 0 Å². The van der Waals surface area contributed by atoms with E-state index in [1.54, 1.807) is 18.2 Å². The van der Waals surface area contributed by atoms with Crippen LogP contribution in [0.1, 0.15) is 30.4 Å². The Morgan fingerprint density at radius 1 is 1.15 bits per heavy atom. The number of hydrogen-bond donors (Lipinski definition) is 1. The molecule has 0 amide bonds. The summed E-state index contributed by atoms with van der Waals surface area (Å²) in [4.78, 5) is 10.4. The molecule has 0 bridgehead atoms. The monoisotopic (exact) mass is 278 g/mol. The Bertz CT molecular complexity index is 635. The van der Waals surface area contributed by atoms with Gasteiger partial charge in [-0.3, -0.25) is 4.79 Å². The summed E-state index contributed by atoms with van der Waals surface area (Å²) in [6.07, 6.45) is -0.726. The lowest BCUT2D eigenvalue weighted by Crippen LogP contribution is -2.14. The number of carbonyl (C=O) groups is 1. The SMILES string of the molecule is Cc1ccc(C(F)(F)CCCC(=O)O)c2ccccc12. The molecule has 2 rings (SSSR count). The average Bonchev–Trinajstić information content (AvgIpc) is 2.38. The van der Waals surface area contributed by atoms with Gasteiger partial charge in [-0.15, -0.1) is 0 Å². The van der Waals surface area contributed by atoms with Crippen LogP contribution in [-0.4, -0.2) is 11.1 Å². The molecule has 4 heteroatoms. The number of rotatable bonds is 5. The van der Waals surface area contributed by atoms with Crippen molar-refractivity contribution >= 4 is 16.7 Å². The van der Waals surface area contributed by atoms with E-state index in [0.717, 1.165) is 10.9 Å². The molecule has 1 N–H and O–H groups in total. The number of benzene rings is 2. The van der Waals surface area contributed by atoms with E-state index in [1.165, 1.54) is 6.07 Å². The number of aliphatic carboxylic acids is 1. The van der Waals surface area contributed by atoms with E-state index in [-0.39, 0.29) is 18.4 Å². The van der Waals surface area contributed by atoms with Gasteiger partial charge in [0, 0.05) is 18.4 Å². The van der Waals surface area contributed by atoms with E-state index in [0.29, 0.717) is 5.39 Å². The van der Waals surface area contributed by atoms with Gasteiger partial charge in [0.15, 0.2) is 0 Å². The average molecular weight is 278 g/mol. The summed E-state index contributed by atoms with van der Waals surface area (Å²) in [6, 6.07) is 10.2. The molecule has 2 aromatic carbocycles. The van der Waals surface area contributed by atoms with Gasteiger partial charge in [0.05, 0.1) is 0 Å². The van der Waals surface area contributed by atoms with Gasteiger partial charge >= 0.3 is 5.97 Å². The molecular weight excluding hydrogens is 262 g/mol. The fourth-order valence-corrected chi connectivity index (χ4v) is 2.36. The zero-order valence-corrected chi connectivity index (χ0v) is 11.2. The number of aryl methyl sites for hydroxylation is 1. The number of carboxylic acids is 1. The van der Waals surface area contributed by atoms with E-state index in [4.69, 9.17) is 5.11 Å². The maximum absolute atomic E-state index is 14.3. The van der Waals surface area contributed by atoms with Crippen molar-refractivity contribution in [3.8, 4) is 0 Å². The van der Waals surface area contributed by atoms with Crippen molar-refractivity contribution in [3.05, 3.63) is 47.5 Å². The van der Waals surface area contributed by atoms with Crippen LogP contribution in [0.25, 0.3) is 10.8 Å². The molecule has 0 aliphatic rings. The highest BCUT2D eigenvalue weighted by atomic mass is 19.3. The Kier molecular flexibility index (Phi) is 4.02. The molecule has 0 aliphatic heterocycles. The predicted molar refractivity (Wildman–Crippen MR) is 74.1 cm³/mol. The fraction of sp³-hybridized carbons (Fsp3) is 0.312. The van der Waals surface area contributed by atoms with Crippen LogP contribution in [0.15, 0.2) is 36.4 Å². The second kappa shape index (κ2) is 5.57. The van der Waals surface area contributed by atoms with Crippen LogP contribution in [0.5, 0.6) is 0 Å². The molecule has 0 saturated carbocycles. The molecule has 106 valence electrons. The summed E-state index contributed by atoms with van der Waals surface area (Å²) in [6.45, 7) is 1.88. The molecule has 0 atom stereocenters. The van der Waals surface area contributed by atoms with Crippen molar-refractivity contribution in [3.63, 3.8) is 0 Å². The number of hydrogen-bond acceptors (Lipinski definition) is 1. The van der Waals surface area contributed by atoms with Crippen LogP contribution in [0.3, 0.4) is 0 Å². The lowest BCUT2D eigenvalue weighted by atomic mass is 9.94. The van der Waals surface area contributed by atoms with Crippen molar-refractivity contribution in [1.29, 1.82) is 0 Å². The van der Waals surface area contributed by atoms with Gasteiger partial charge in [-0.05, 0) is 29.7 Å². The van der Waals surface area contributed by atoms with Crippen molar-refractivity contribution < 1.29 is 18.7 Å². The Hall–Kier alpha value is -1.97. The van der Waals surface area contributed by atoms with Gasteiger partial charge in [-0.1, -0.05) is 36.4 Å². The Morgan fingerprint density at radius 2 is 1.80 bits per heavy atom. The maximum Gasteiger partial charge on any atom is 0.303 e. The van der Waals surface area contributed by atoms with Crippen molar-refractivity contribution in [2.24, 2.45) is 0 Å². The standard InChI is InChI=1S/C16H16F2O2/c1-11-8-9-14(13-6-3-2-5-12(11)13)16(17,18)10-4-7-15(19)20/h2-3,5-6,8-9H,4,7,10H2,1H3,(H,19,20). The molecule has 0 spiro atoms. The molecular formula is C16H16F2O2. The van der Waals surface area contributed by atoms with Crippen LogP contribution in [0.4, 0.5) is 8.78 Å².